The largest absolute Gasteiger partial charge is 0.503 e. The van der Waals surface area contributed by atoms with Gasteiger partial charge in [0, 0.05) is 23.8 Å². The van der Waals surface area contributed by atoms with Gasteiger partial charge in [-0.15, -0.1) is 0 Å². The summed E-state index contributed by atoms with van der Waals surface area (Å²) >= 11 is 6.16. The highest BCUT2D eigenvalue weighted by Crippen LogP contribution is 2.42. The summed E-state index contributed by atoms with van der Waals surface area (Å²) in [6.45, 7) is 5.18. The van der Waals surface area contributed by atoms with Crippen LogP contribution in [0, 0.1) is 5.41 Å². The smallest absolute Gasteiger partial charge is 0.176 e. The zero-order valence-electron chi connectivity index (χ0n) is 18.3. The summed E-state index contributed by atoms with van der Waals surface area (Å²) in [5, 5.41) is 18.6. The van der Waals surface area contributed by atoms with Crippen molar-refractivity contribution in [3.8, 4) is 22.9 Å². The lowest BCUT2D eigenvalue weighted by Gasteiger charge is -2.36. The molecule has 31 heavy (non-hydrogen) atoms. The fourth-order valence-electron chi connectivity index (χ4n) is 4.30. The molecule has 3 aromatic rings. The molecule has 1 heterocycles. The van der Waals surface area contributed by atoms with Crippen LogP contribution < -0.4 is 14.8 Å². The second-order valence-electron chi connectivity index (χ2n) is 8.76. The van der Waals surface area contributed by atoms with E-state index in [9.17, 15) is 5.11 Å². The van der Waals surface area contributed by atoms with Gasteiger partial charge in [0.25, 0.3) is 0 Å². The Labute approximate surface area is 187 Å². The number of methoxy groups -OCH3 is 2. The molecule has 164 valence electrons. The number of hydrogen-bond donors (Lipinski definition) is 2. The van der Waals surface area contributed by atoms with E-state index in [4.69, 9.17) is 26.2 Å². The van der Waals surface area contributed by atoms with Crippen LogP contribution in [-0.2, 0) is 13.0 Å². The Hall–Kier alpha value is -2.70. The van der Waals surface area contributed by atoms with Crippen LogP contribution in [0.1, 0.15) is 43.1 Å². The Kier molecular flexibility index (Phi) is 5.86. The summed E-state index contributed by atoms with van der Waals surface area (Å²) in [6, 6.07) is 11.7. The summed E-state index contributed by atoms with van der Waals surface area (Å²) in [4.78, 5) is 0. The molecule has 6 nitrogen and oxygen atoms in total. The van der Waals surface area contributed by atoms with E-state index >= 15 is 0 Å². The number of benzene rings is 2. The van der Waals surface area contributed by atoms with Gasteiger partial charge in [0.2, 0.25) is 0 Å². The van der Waals surface area contributed by atoms with E-state index in [1.807, 2.05) is 41.2 Å². The number of aromatic hydroxyl groups is 1. The molecular weight excluding hydrogens is 414 g/mol. The second-order valence-corrected chi connectivity index (χ2v) is 9.17. The first-order valence-electron chi connectivity index (χ1n) is 10.3. The minimum Gasteiger partial charge on any atom is -0.503 e. The fourth-order valence-corrected chi connectivity index (χ4v) is 4.53. The van der Waals surface area contributed by atoms with Crippen LogP contribution in [0.2, 0.25) is 5.02 Å². The van der Waals surface area contributed by atoms with Gasteiger partial charge in [-0.05, 0) is 60.2 Å². The quantitative estimate of drug-likeness (QED) is 0.560. The third-order valence-electron chi connectivity index (χ3n) is 5.86. The van der Waals surface area contributed by atoms with Crippen LogP contribution in [0.3, 0.4) is 0 Å². The number of rotatable bonds is 6. The number of nitrogens with zero attached hydrogens (tertiary/aromatic N) is 2. The van der Waals surface area contributed by atoms with Crippen molar-refractivity contribution in [1.82, 2.24) is 15.1 Å². The lowest BCUT2D eigenvalue weighted by Crippen LogP contribution is -2.33. The van der Waals surface area contributed by atoms with E-state index < -0.39 is 0 Å². The minimum absolute atomic E-state index is 0.0326. The van der Waals surface area contributed by atoms with Gasteiger partial charge in [0.1, 0.15) is 5.75 Å². The predicted molar refractivity (Wildman–Crippen MR) is 121 cm³/mol. The molecule has 0 saturated heterocycles. The van der Waals surface area contributed by atoms with Crippen molar-refractivity contribution in [2.45, 2.75) is 39.3 Å². The SMILES string of the molecule is COc1ccc(-n2ncc3c2CC(C)(C)CC3NCc2cc(Cl)c(O)c(OC)c2)cc1. The zero-order valence-corrected chi connectivity index (χ0v) is 19.0. The maximum atomic E-state index is 9.99. The molecule has 4 rings (SSSR count). The van der Waals surface area contributed by atoms with Crippen LogP contribution in [0.4, 0.5) is 0 Å². The van der Waals surface area contributed by atoms with Crippen LogP contribution in [-0.4, -0.2) is 29.1 Å². The average molecular weight is 442 g/mol. The topological polar surface area (TPSA) is 68.5 Å². The summed E-state index contributed by atoms with van der Waals surface area (Å²) in [5.41, 5.74) is 4.53. The van der Waals surface area contributed by atoms with E-state index in [0.29, 0.717) is 12.3 Å². The molecule has 7 heteroatoms. The molecular formula is C24H28ClN3O3. The second kappa shape index (κ2) is 8.44. The van der Waals surface area contributed by atoms with Crippen molar-refractivity contribution in [3.05, 3.63) is 64.4 Å². The molecule has 0 fully saturated rings. The number of fused-ring (bicyclic) bond motifs is 1. The van der Waals surface area contributed by atoms with Crippen molar-refractivity contribution >= 4 is 11.6 Å². The van der Waals surface area contributed by atoms with Gasteiger partial charge < -0.3 is 19.9 Å². The van der Waals surface area contributed by atoms with Gasteiger partial charge in [-0.25, -0.2) is 4.68 Å². The van der Waals surface area contributed by atoms with E-state index in [2.05, 4.69) is 19.2 Å². The molecule has 1 aromatic heterocycles. The zero-order chi connectivity index (χ0) is 22.2. The summed E-state index contributed by atoms with van der Waals surface area (Å²) < 4.78 is 12.5. The van der Waals surface area contributed by atoms with E-state index in [1.54, 1.807) is 13.2 Å². The highest BCUT2D eigenvalue weighted by atomic mass is 35.5. The highest BCUT2D eigenvalue weighted by Gasteiger charge is 2.35. The number of aromatic nitrogens is 2. The first kappa shape index (κ1) is 21.5. The summed E-state index contributed by atoms with van der Waals surface area (Å²) in [5.74, 6) is 1.17. The maximum Gasteiger partial charge on any atom is 0.176 e. The Morgan fingerprint density at radius 1 is 1.19 bits per heavy atom. The average Bonchev–Trinajstić information content (AvgIpc) is 3.16. The number of hydrogen-bond acceptors (Lipinski definition) is 5. The molecule has 2 N–H and O–H groups in total. The molecule has 0 radical (unpaired) electrons. The van der Waals surface area contributed by atoms with E-state index in [-0.39, 0.29) is 22.2 Å². The van der Waals surface area contributed by atoms with Gasteiger partial charge in [-0.2, -0.15) is 5.10 Å². The predicted octanol–water partition coefficient (Wildman–Crippen LogP) is 5.05. The van der Waals surface area contributed by atoms with Crippen LogP contribution in [0.25, 0.3) is 5.69 Å². The first-order valence-corrected chi connectivity index (χ1v) is 10.7. The molecule has 1 aliphatic rings. The van der Waals surface area contributed by atoms with Crippen molar-refractivity contribution in [2.24, 2.45) is 5.41 Å². The summed E-state index contributed by atoms with van der Waals surface area (Å²) in [6.07, 6.45) is 3.92. The molecule has 0 aliphatic heterocycles. The Morgan fingerprint density at radius 3 is 2.61 bits per heavy atom. The van der Waals surface area contributed by atoms with Gasteiger partial charge in [-0.1, -0.05) is 25.4 Å². The lowest BCUT2D eigenvalue weighted by molar-refractivity contribution is 0.252. The Morgan fingerprint density at radius 2 is 1.94 bits per heavy atom. The van der Waals surface area contributed by atoms with Crippen LogP contribution in [0.15, 0.2) is 42.6 Å². The Bertz CT molecular complexity index is 1080. The van der Waals surface area contributed by atoms with Crippen molar-refractivity contribution in [1.29, 1.82) is 0 Å². The number of ether oxygens (including phenoxy) is 2. The number of nitrogens with one attached hydrogen (secondary N) is 1. The molecule has 1 unspecified atom stereocenters. The first-order chi connectivity index (χ1) is 14.8. The number of phenols is 1. The molecule has 1 atom stereocenters. The molecule has 0 bridgehead atoms. The molecule has 0 spiro atoms. The van der Waals surface area contributed by atoms with Crippen molar-refractivity contribution in [3.63, 3.8) is 0 Å². The Balaban J connectivity index is 1.61. The van der Waals surface area contributed by atoms with Crippen LogP contribution in [0.5, 0.6) is 17.2 Å². The van der Waals surface area contributed by atoms with Gasteiger partial charge in [0.15, 0.2) is 11.5 Å². The molecule has 2 aromatic carbocycles. The van der Waals surface area contributed by atoms with Gasteiger partial charge in [0.05, 0.1) is 31.1 Å². The molecule has 1 aliphatic carbocycles. The summed E-state index contributed by atoms with van der Waals surface area (Å²) in [7, 11) is 3.19. The van der Waals surface area contributed by atoms with Crippen LogP contribution >= 0.6 is 11.6 Å². The maximum absolute atomic E-state index is 9.99. The fraction of sp³-hybridized carbons (Fsp3) is 0.375. The monoisotopic (exact) mass is 441 g/mol. The van der Waals surface area contributed by atoms with E-state index in [0.717, 1.165) is 29.8 Å². The number of phenolic OH excluding ortho intramolecular Hbond substituents is 1. The van der Waals surface area contributed by atoms with Crippen molar-refractivity contribution < 1.29 is 14.6 Å². The van der Waals surface area contributed by atoms with Gasteiger partial charge >= 0.3 is 0 Å². The number of halogens is 1. The third kappa shape index (κ3) is 4.36. The lowest BCUT2D eigenvalue weighted by atomic mass is 9.74. The normalized spacial score (nSPS) is 17.3. The molecule has 0 amide bonds. The standard InChI is InChI=1S/C24H28ClN3O3/c1-24(2)11-20(26-13-15-9-19(25)23(29)22(10-15)31-4)18-14-27-28(21(18)12-24)16-5-7-17(30-3)8-6-16/h5-10,14,20,26,29H,11-13H2,1-4H3. The highest BCUT2D eigenvalue weighted by molar-refractivity contribution is 6.32. The van der Waals surface area contributed by atoms with Crippen molar-refractivity contribution in [2.75, 3.05) is 14.2 Å². The van der Waals surface area contributed by atoms with E-state index in [1.165, 1.54) is 18.4 Å². The molecule has 0 saturated carbocycles. The van der Waals surface area contributed by atoms with Gasteiger partial charge in [-0.3, -0.25) is 0 Å². The third-order valence-corrected chi connectivity index (χ3v) is 6.15. The minimum atomic E-state index is -0.0326.